The monoisotopic (exact) mass is 562 g/mol. The van der Waals surface area contributed by atoms with Gasteiger partial charge in [0.1, 0.15) is 6.42 Å². The molecule has 0 aromatic rings. The van der Waals surface area contributed by atoms with Crippen molar-refractivity contribution < 1.29 is 68.1 Å². The summed E-state index contributed by atoms with van der Waals surface area (Å²) in [6.07, 6.45) is -9.43. The molecule has 0 saturated carbocycles. The predicted molar refractivity (Wildman–Crippen MR) is 110 cm³/mol. The van der Waals surface area contributed by atoms with E-state index < -0.39 is 79.4 Å². The fourth-order valence-corrected chi connectivity index (χ4v) is 2.77. The van der Waals surface area contributed by atoms with E-state index in [9.17, 15) is 53.9 Å². The Kier molecular flexibility index (Phi) is 11.4. The molecule has 0 saturated heterocycles. The van der Waals surface area contributed by atoms with Crippen LogP contribution in [0.25, 0.3) is 0 Å². The molecule has 218 valence electrons. The van der Waals surface area contributed by atoms with Crippen LogP contribution in [-0.2, 0) is 28.6 Å². The van der Waals surface area contributed by atoms with E-state index in [1.54, 1.807) is 20.8 Å². The summed E-state index contributed by atoms with van der Waals surface area (Å²) in [5.41, 5.74) is -0.721. The van der Waals surface area contributed by atoms with E-state index in [1.807, 2.05) is 20.8 Å². The summed E-state index contributed by atoms with van der Waals surface area (Å²) in [6.45, 7) is 8.62. The zero-order valence-electron chi connectivity index (χ0n) is 21.2. The highest BCUT2D eigenvalue weighted by Gasteiger charge is 2.81. The Labute approximate surface area is 208 Å². The maximum Gasteiger partial charge on any atom is 0.460 e. The van der Waals surface area contributed by atoms with Crippen LogP contribution in [0.2, 0.25) is 0 Å². The summed E-state index contributed by atoms with van der Waals surface area (Å²) >= 11 is 0. The van der Waals surface area contributed by atoms with Gasteiger partial charge in [-0.2, -0.15) is 39.5 Å². The normalized spacial score (nSPS) is 14.7. The highest BCUT2D eigenvalue weighted by Crippen LogP contribution is 2.54. The first-order valence-corrected chi connectivity index (χ1v) is 11.0. The molecule has 0 radical (unpaired) electrons. The van der Waals surface area contributed by atoms with Crippen molar-refractivity contribution in [2.75, 3.05) is 13.4 Å². The molecule has 0 amide bonds. The van der Waals surface area contributed by atoms with E-state index in [-0.39, 0.29) is 5.41 Å². The number of ether oxygens (including phenoxy) is 3. The fraction of sp³-hybridized carbons (Fsp3) is 0.864. The van der Waals surface area contributed by atoms with Gasteiger partial charge in [-0.05, 0) is 17.3 Å². The van der Waals surface area contributed by atoms with E-state index >= 15 is 0 Å². The molecule has 0 heterocycles. The Morgan fingerprint density at radius 2 is 1.22 bits per heavy atom. The number of halogens is 9. The summed E-state index contributed by atoms with van der Waals surface area (Å²) in [5, 5.41) is 0. The highest BCUT2D eigenvalue weighted by molar-refractivity contribution is 5.91. The van der Waals surface area contributed by atoms with E-state index in [4.69, 9.17) is 4.74 Å². The van der Waals surface area contributed by atoms with Crippen molar-refractivity contribution in [2.45, 2.75) is 91.2 Å². The minimum Gasteiger partial charge on any atom is -0.465 e. The van der Waals surface area contributed by atoms with Crippen LogP contribution in [0, 0.1) is 16.7 Å². The van der Waals surface area contributed by atoms with Crippen LogP contribution in [0.1, 0.15) is 67.2 Å². The lowest BCUT2D eigenvalue weighted by Crippen LogP contribution is -2.61. The molecule has 0 bridgehead atoms. The summed E-state index contributed by atoms with van der Waals surface area (Å²) in [7, 11) is 0. The van der Waals surface area contributed by atoms with Crippen LogP contribution in [0.5, 0.6) is 0 Å². The quantitative estimate of drug-likeness (QED) is 0.113. The maximum atomic E-state index is 13.4. The molecular weight excluding hydrogens is 531 g/mol. The van der Waals surface area contributed by atoms with Crippen LogP contribution in [0.3, 0.4) is 0 Å². The Bertz CT molecular complexity index is 801. The number of carbonyl (C=O) groups excluding carboxylic acids is 3. The first-order valence-electron chi connectivity index (χ1n) is 11.0. The SMILES string of the molecule is CCC(C)(C)CC(C(=O)OCOC(=O)CC(=O)OCCC(F)(F)C(F)(F)C(F)(F)C(F)(F)F)C(C)(C)C. The molecule has 0 N–H and O–H groups in total. The van der Waals surface area contributed by atoms with E-state index in [2.05, 4.69) is 9.47 Å². The molecule has 0 fully saturated rings. The molecule has 0 aliphatic rings. The molecule has 1 unspecified atom stereocenters. The molecule has 0 aliphatic carbocycles. The van der Waals surface area contributed by atoms with Crippen LogP contribution in [-0.4, -0.2) is 55.3 Å². The van der Waals surface area contributed by atoms with Gasteiger partial charge in [0.05, 0.1) is 18.9 Å². The van der Waals surface area contributed by atoms with Crippen molar-refractivity contribution in [3.8, 4) is 0 Å². The molecule has 15 heteroatoms. The van der Waals surface area contributed by atoms with Crippen LogP contribution < -0.4 is 0 Å². The van der Waals surface area contributed by atoms with Crippen LogP contribution in [0.15, 0.2) is 0 Å². The molecule has 0 aromatic carbocycles. The van der Waals surface area contributed by atoms with Gasteiger partial charge in [0.2, 0.25) is 6.79 Å². The average Bonchev–Trinajstić information content (AvgIpc) is 2.69. The van der Waals surface area contributed by atoms with Gasteiger partial charge in [-0.25, -0.2) is 0 Å². The Morgan fingerprint density at radius 1 is 0.730 bits per heavy atom. The first-order chi connectivity index (χ1) is 16.3. The number of alkyl halides is 9. The Balaban J connectivity index is 4.78. The average molecular weight is 562 g/mol. The van der Waals surface area contributed by atoms with Crippen molar-refractivity contribution in [1.82, 2.24) is 0 Å². The lowest BCUT2D eigenvalue weighted by Gasteiger charge is -2.35. The zero-order valence-corrected chi connectivity index (χ0v) is 21.2. The van der Waals surface area contributed by atoms with Crippen molar-refractivity contribution in [2.24, 2.45) is 16.7 Å². The Morgan fingerprint density at radius 3 is 1.65 bits per heavy atom. The first kappa shape index (κ1) is 34.8. The standard InChI is InChI=1S/C22H31F9O6/c1-7-18(5,6)11-13(17(2,3)4)16(34)37-12-36-15(33)10-14(32)35-9-8-19(23,24)20(25,26)21(27,28)22(29,30)31/h13H,7-12H2,1-6H3. The van der Waals surface area contributed by atoms with Crippen molar-refractivity contribution in [1.29, 1.82) is 0 Å². The van der Waals surface area contributed by atoms with E-state index in [0.717, 1.165) is 6.42 Å². The third kappa shape index (κ3) is 9.55. The van der Waals surface area contributed by atoms with Gasteiger partial charge < -0.3 is 14.2 Å². The fourth-order valence-electron chi connectivity index (χ4n) is 2.77. The van der Waals surface area contributed by atoms with Crippen molar-refractivity contribution >= 4 is 17.9 Å². The maximum absolute atomic E-state index is 13.4. The third-order valence-corrected chi connectivity index (χ3v) is 5.64. The molecule has 1 atom stereocenters. The van der Waals surface area contributed by atoms with E-state index in [0.29, 0.717) is 6.42 Å². The van der Waals surface area contributed by atoms with Gasteiger partial charge in [-0.15, -0.1) is 0 Å². The number of rotatable bonds is 13. The smallest absolute Gasteiger partial charge is 0.460 e. The zero-order chi connectivity index (χ0) is 29.7. The van der Waals surface area contributed by atoms with Gasteiger partial charge in [0.15, 0.2) is 0 Å². The lowest BCUT2D eigenvalue weighted by atomic mass is 9.70. The topological polar surface area (TPSA) is 78.9 Å². The van der Waals surface area contributed by atoms with Crippen molar-refractivity contribution in [3.05, 3.63) is 0 Å². The minimum absolute atomic E-state index is 0.208. The van der Waals surface area contributed by atoms with E-state index in [1.165, 1.54) is 0 Å². The number of hydrogen-bond acceptors (Lipinski definition) is 6. The minimum atomic E-state index is -7.06. The number of carbonyl (C=O) groups is 3. The second-order valence-corrected chi connectivity index (χ2v) is 10.2. The summed E-state index contributed by atoms with van der Waals surface area (Å²) in [5.74, 6) is -24.1. The molecule has 0 spiro atoms. The van der Waals surface area contributed by atoms with Gasteiger partial charge >= 0.3 is 41.9 Å². The van der Waals surface area contributed by atoms with Crippen molar-refractivity contribution in [3.63, 3.8) is 0 Å². The molecule has 0 aliphatic heterocycles. The van der Waals surface area contributed by atoms with Crippen LogP contribution >= 0.6 is 0 Å². The lowest BCUT2D eigenvalue weighted by molar-refractivity contribution is -0.397. The highest BCUT2D eigenvalue weighted by atomic mass is 19.4. The summed E-state index contributed by atoms with van der Waals surface area (Å²) in [6, 6.07) is 0. The number of esters is 3. The largest absolute Gasteiger partial charge is 0.465 e. The van der Waals surface area contributed by atoms with Gasteiger partial charge in [-0.3, -0.25) is 14.4 Å². The second kappa shape index (κ2) is 12.1. The van der Waals surface area contributed by atoms with Gasteiger partial charge in [0.25, 0.3) is 0 Å². The molecule has 37 heavy (non-hydrogen) atoms. The van der Waals surface area contributed by atoms with Crippen LogP contribution in [0.4, 0.5) is 39.5 Å². The molecule has 0 rings (SSSR count). The van der Waals surface area contributed by atoms with Gasteiger partial charge in [0, 0.05) is 0 Å². The van der Waals surface area contributed by atoms with Gasteiger partial charge in [-0.1, -0.05) is 48.0 Å². The second-order valence-electron chi connectivity index (χ2n) is 10.2. The summed E-state index contributed by atoms with van der Waals surface area (Å²) in [4.78, 5) is 35.6. The molecular formula is C22H31F9O6. The number of hydrogen-bond donors (Lipinski definition) is 0. The third-order valence-electron chi connectivity index (χ3n) is 5.64. The summed E-state index contributed by atoms with van der Waals surface area (Å²) < 4.78 is 128. The predicted octanol–water partition coefficient (Wildman–Crippen LogP) is 6.31. The molecule has 0 aromatic heterocycles. The molecule has 6 nitrogen and oxygen atoms in total. The Hall–Kier alpha value is -2.22.